The van der Waals surface area contributed by atoms with E-state index in [1.807, 2.05) is 18.2 Å². The quantitative estimate of drug-likeness (QED) is 0.167. The molecule has 5 aliphatic carbocycles. The minimum atomic E-state index is -0.121. The van der Waals surface area contributed by atoms with Gasteiger partial charge in [-0.3, -0.25) is 0 Å². The first kappa shape index (κ1) is 42.4. The molecule has 4 fully saturated rings. The lowest BCUT2D eigenvalue weighted by Crippen LogP contribution is -2.58. The van der Waals surface area contributed by atoms with Crippen LogP contribution in [0.3, 0.4) is 0 Å². The lowest BCUT2D eigenvalue weighted by atomic mass is 9.39. The normalized spacial score (nSPS) is 22.6. The number of nitrogens with zero attached hydrogens (tertiary/aromatic N) is 4. The van der Waals surface area contributed by atoms with Crippen molar-refractivity contribution in [3.63, 3.8) is 0 Å². The Morgan fingerprint density at radius 2 is 0.746 bits per heavy atom. The van der Waals surface area contributed by atoms with Crippen LogP contribution in [0, 0.1) is 23.7 Å². The molecule has 0 saturated heterocycles. The molecule has 6 aliphatic rings. The minimum absolute atomic E-state index is 0.0595. The van der Waals surface area contributed by atoms with Crippen LogP contribution in [-0.2, 0) is 16.2 Å². The van der Waals surface area contributed by atoms with Gasteiger partial charge in [0.2, 0.25) is 0 Å². The van der Waals surface area contributed by atoms with E-state index in [1.54, 1.807) is 16.7 Å². The predicted molar refractivity (Wildman–Crippen MR) is 290 cm³/mol. The molecule has 0 amide bonds. The van der Waals surface area contributed by atoms with E-state index in [4.69, 9.17) is 15.0 Å². The average Bonchev–Trinajstić information content (AvgIpc) is 3.41. The molecular formula is C67H58N4. The average molecular weight is 919 g/mol. The molecule has 4 saturated carbocycles. The van der Waals surface area contributed by atoms with Crippen LogP contribution in [-0.4, -0.2) is 15.0 Å². The second-order valence-corrected chi connectivity index (χ2v) is 22.5. The first-order chi connectivity index (χ1) is 34.6. The lowest BCUT2D eigenvalue weighted by Gasteiger charge is -2.64. The van der Waals surface area contributed by atoms with Gasteiger partial charge in [0.1, 0.15) is 0 Å². The number of rotatable bonds is 6. The van der Waals surface area contributed by atoms with Crippen molar-refractivity contribution < 1.29 is 0 Å². The first-order valence-corrected chi connectivity index (χ1v) is 26.0. The van der Waals surface area contributed by atoms with E-state index < -0.39 is 0 Å². The summed E-state index contributed by atoms with van der Waals surface area (Å²) in [5, 5.41) is 0. The summed E-state index contributed by atoms with van der Waals surface area (Å²) in [7, 11) is 0. The van der Waals surface area contributed by atoms with Crippen molar-refractivity contribution in [3.8, 4) is 56.4 Å². The van der Waals surface area contributed by atoms with Crippen molar-refractivity contribution in [1.82, 2.24) is 15.0 Å². The monoisotopic (exact) mass is 918 g/mol. The Kier molecular flexibility index (Phi) is 9.44. The SMILES string of the molecule is CC1(C)c2ccccc2N(c2ccc(-c3nc(-c4ccccc4)nc(-c4cccc(-c5cccc(-c6ccc7c(c6)C6(c8ccccc8C7(C)C)C7CC8CC(C7)CC6C8)c5)c4)n3)cc2)c2ccccc21. The van der Waals surface area contributed by atoms with Crippen LogP contribution in [0.1, 0.15) is 93.2 Å². The Hall–Kier alpha value is -7.43. The third-order valence-corrected chi connectivity index (χ3v) is 17.9. The highest BCUT2D eigenvalue weighted by molar-refractivity contribution is 5.86. The van der Waals surface area contributed by atoms with Gasteiger partial charge in [-0.2, -0.15) is 0 Å². The van der Waals surface area contributed by atoms with Crippen LogP contribution in [0.4, 0.5) is 17.1 Å². The lowest BCUT2D eigenvalue weighted by molar-refractivity contribution is -0.0443. The van der Waals surface area contributed by atoms with Gasteiger partial charge in [-0.25, -0.2) is 15.0 Å². The van der Waals surface area contributed by atoms with Gasteiger partial charge in [-0.15, -0.1) is 0 Å². The topological polar surface area (TPSA) is 41.9 Å². The van der Waals surface area contributed by atoms with E-state index in [-0.39, 0.29) is 16.2 Å². The molecule has 1 aromatic heterocycles. The van der Waals surface area contributed by atoms with Crippen LogP contribution >= 0.6 is 0 Å². The standard InChI is InChI=1S/C67H58N4/c1-65(2)54-22-8-9-23-56(54)67(51-35-42-34-43(37-51)38-52(67)36-42)59-41-49(30-33-55(59)65)47-19-14-18-46(39-47)48-20-15-21-50(40-48)64-69-62(44-16-6-5-7-17-44)68-63(70-64)45-28-31-53(32-29-45)71-60-26-12-10-24-57(60)66(3,4)58-25-11-13-27-61(58)71/h5-33,39-43,51-52H,34-38H2,1-4H3. The number of fused-ring (bicyclic) bond motifs is 4. The van der Waals surface area contributed by atoms with Crippen LogP contribution < -0.4 is 4.90 Å². The fourth-order valence-electron chi connectivity index (χ4n) is 14.9. The molecule has 4 nitrogen and oxygen atoms in total. The predicted octanol–water partition coefficient (Wildman–Crippen LogP) is 16.7. The molecule has 71 heavy (non-hydrogen) atoms. The van der Waals surface area contributed by atoms with Crippen LogP contribution in [0.2, 0.25) is 0 Å². The largest absolute Gasteiger partial charge is 0.310 e. The third kappa shape index (κ3) is 6.46. The van der Waals surface area contributed by atoms with Crippen molar-refractivity contribution in [2.75, 3.05) is 4.90 Å². The molecule has 0 N–H and O–H groups in total. The Morgan fingerprint density at radius 1 is 0.338 bits per heavy atom. The van der Waals surface area contributed by atoms with Crippen molar-refractivity contribution in [1.29, 1.82) is 0 Å². The van der Waals surface area contributed by atoms with Crippen LogP contribution in [0.15, 0.2) is 194 Å². The Balaban J connectivity index is 0.829. The van der Waals surface area contributed by atoms with Gasteiger partial charge < -0.3 is 4.90 Å². The van der Waals surface area contributed by atoms with E-state index in [9.17, 15) is 0 Å². The van der Waals surface area contributed by atoms with Gasteiger partial charge in [0, 0.05) is 38.6 Å². The maximum atomic E-state index is 5.24. The second kappa shape index (κ2) is 15.8. The summed E-state index contributed by atoms with van der Waals surface area (Å²) in [6, 6.07) is 71.6. The zero-order valence-electron chi connectivity index (χ0n) is 41.1. The summed E-state index contributed by atoms with van der Waals surface area (Å²) in [4.78, 5) is 17.9. The maximum absolute atomic E-state index is 5.24. The highest BCUT2D eigenvalue weighted by Gasteiger charge is 2.62. The molecule has 0 atom stereocenters. The number of benzene rings is 8. The summed E-state index contributed by atoms with van der Waals surface area (Å²) < 4.78 is 0. The van der Waals surface area contributed by atoms with Gasteiger partial charge in [-0.1, -0.05) is 167 Å². The molecule has 4 heteroatoms. The van der Waals surface area contributed by atoms with Crippen LogP contribution in [0.5, 0.6) is 0 Å². The Morgan fingerprint density at radius 3 is 1.34 bits per heavy atom. The number of anilines is 3. The van der Waals surface area contributed by atoms with Gasteiger partial charge in [-0.05, 0) is 166 Å². The number of para-hydroxylation sites is 2. The molecule has 2 heterocycles. The number of hydrogen-bond donors (Lipinski definition) is 0. The summed E-state index contributed by atoms with van der Waals surface area (Å²) in [6.45, 7) is 9.58. The molecule has 9 aromatic rings. The first-order valence-electron chi connectivity index (χ1n) is 26.0. The van der Waals surface area contributed by atoms with Crippen LogP contribution in [0.25, 0.3) is 56.4 Å². The molecule has 4 bridgehead atoms. The highest BCUT2D eigenvalue weighted by Crippen LogP contribution is 2.69. The van der Waals surface area contributed by atoms with Gasteiger partial charge >= 0.3 is 0 Å². The second-order valence-electron chi connectivity index (χ2n) is 22.5. The van der Waals surface area contributed by atoms with Crippen molar-refractivity contribution in [2.24, 2.45) is 23.7 Å². The summed E-state index contributed by atoms with van der Waals surface area (Å²) >= 11 is 0. The van der Waals surface area contributed by atoms with Crippen molar-refractivity contribution in [3.05, 3.63) is 228 Å². The van der Waals surface area contributed by atoms with Gasteiger partial charge in [0.15, 0.2) is 17.5 Å². The molecule has 0 unspecified atom stereocenters. The molecule has 1 spiro atoms. The molecule has 0 radical (unpaired) electrons. The number of aromatic nitrogens is 3. The van der Waals surface area contributed by atoms with E-state index in [0.717, 1.165) is 39.8 Å². The molecule has 346 valence electrons. The minimum Gasteiger partial charge on any atom is -0.310 e. The summed E-state index contributed by atoms with van der Waals surface area (Å²) in [5.41, 5.74) is 20.0. The Labute approximate surface area is 418 Å². The number of hydrogen-bond acceptors (Lipinski definition) is 4. The van der Waals surface area contributed by atoms with E-state index >= 15 is 0 Å². The van der Waals surface area contributed by atoms with E-state index in [0.29, 0.717) is 29.3 Å². The smallest absolute Gasteiger partial charge is 0.164 e. The van der Waals surface area contributed by atoms with E-state index in [2.05, 4.69) is 209 Å². The fraction of sp³-hybridized carbons (Fsp3) is 0.239. The fourth-order valence-corrected chi connectivity index (χ4v) is 14.9. The summed E-state index contributed by atoms with van der Waals surface area (Å²) in [5.74, 6) is 5.17. The van der Waals surface area contributed by atoms with Crippen molar-refractivity contribution in [2.45, 2.75) is 76.0 Å². The zero-order chi connectivity index (χ0) is 47.6. The summed E-state index contributed by atoms with van der Waals surface area (Å²) in [6.07, 6.45) is 6.96. The van der Waals surface area contributed by atoms with Gasteiger partial charge in [0.05, 0.1) is 11.4 Å². The zero-order valence-corrected chi connectivity index (χ0v) is 41.1. The molecular weight excluding hydrogens is 861 g/mol. The molecule has 1 aliphatic heterocycles. The van der Waals surface area contributed by atoms with Gasteiger partial charge in [0.25, 0.3) is 0 Å². The molecule has 8 aromatic carbocycles. The molecule has 15 rings (SSSR count). The highest BCUT2D eigenvalue weighted by atomic mass is 15.2. The van der Waals surface area contributed by atoms with E-state index in [1.165, 1.54) is 76.9 Å². The Bertz CT molecular complexity index is 3490. The maximum Gasteiger partial charge on any atom is 0.164 e. The third-order valence-electron chi connectivity index (χ3n) is 17.9. The van der Waals surface area contributed by atoms with Crippen molar-refractivity contribution >= 4 is 17.1 Å².